The van der Waals surface area contributed by atoms with Gasteiger partial charge in [-0.15, -0.1) is 0 Å². The lowest BCUT2D eigenvalue weighted by Gasteiger charge is -2.17. The van der Waals surface area contributed by atoms with E-state index in [0.717, 1.165) is 5.56 Å². The van der Waals surface area contributed by atoms with Crippen molar-refractivity contribution in [2.45, 2.75) is 25.1 Å². The maximum atomic E-state index is 13.4. The van der Waals surface area contributed by atoms with E-state index >= 15 is 0 Å². The van der Waals surface area contributed by atoms with Gasteiger partial charge >= 0.3 is 0 Å². The van der Waals surface area contributed by atoms with E-state index in [4.69, 9.17) is 14.2 Å². The molecule has 190 valence electrons. The van der Waals surface area contributed by atoms with Crippen LogP contribution in [0.2, 0.25) is 0 Å². The van der Waals surface area contributed by atoms with Gasteiger partial charge in [0, 0.05) is 12.1 Å². The lowest BCUT2D eigenvalue weighted by Crippen LogP contribution is -2.33. The number of amidine groups is 1. The van der Waals surface area contributed by atoms with Gasteiger partial charge in [-0.05, 0) is 73.2 Å². The molecule has 0 bridgehead atoms. The summed E-state index contributed by atoms with van der Waals surface area (Å²) in [5.74, 6) is 1.07. The van der Waals surface area contributed by atoms with Crippen LogP contribution in [0.4, 0.5) is 15.8 Å². The number of nitrogens with zero attached hydrogens (tertiary/aromatic N) is 2. The second-order valence-corrected chi connectivity index (χ2v) is 9.47. The van der Waals surface area contributed by atoms with Gasteiger partial charge in [0.25, 0.3) is 0 Å². The molecule has 37 heavy (non-hydrogen) atoms. The fourth-order valence-corrected chi connectivity index (χ4v) is 5.06. The van der Waals surface area contributed by atoms with E-state index in [1.807, 2.05) is 19.1 Å². The number of nitrogens with one attached hydrogen (secondary N) is 1. The van der Waals surface area contributed by atoms with E-state index in [1.165, 1.54) is 36.0 Å². The standard InChI is InChI=1S/C27H24FN3O5S/c1-2-34-21-10-8-19(9-11-21)29-25(32)14-24-26(33)31(15-17-3-12-22-23(13-17)36-16-35-22)27(37-24)30-20-6-4-18(28)5-7-20/h3-13,24H,2,14-16H2,1H3,(H,29,32). The van der Waals surface area contributed by atoms with Gasteiger partial charge in [0.2, 0.25) is 18.6 Å². The SMILES string of the molecule is CCOc1ccc(NC(=O)CC2SC(=Nc3ccc(F)cc3)N(Cc3ccc4c(c3)OCO4)C2=O)cc1. The van der Waals surface area contributed by atoms with Crippen molar-refractivity contribution in [3.63, 3.8) is 0 Å². The topological polar surface area (TPSA) is 89.5 Å². The third-order valence-electron chi connectivity index (χ3n) is 5.67. The van der Waals surface area contributed by atoms with E-state index in [0.29, 0.717) is 40.4 Å². The Kier molecular flexibility index (Phi) is 7.27. The summed E-state index contributed by atoms with van der Waals surface area (Å²) in [5, 5.41) is 2.61. The largest absolute Gasteiger partial charge is 0.494 e. The molecule has 0 saturated carbocycles. The number of hydrogen-bond acceptors (Lipinski definition) is 7. The van der Waals surface area contributed by atoms with E-state index in [-0.39, 0.29) is 37.4 Å². The summed E-state index contributed by atoms with van der Waals surface area (Å²) in [6.45, 7) is 2.84. The highest BCUT2D eigenvalue weighted by Crippen LogP contribution is 2.36. The zero-order valence-electron chi connectivity index (χ0n) is 20.0. The molecular weight excluding hydrogens is 497 g/mol. The molecular formula is C27H24FN3O5S. The van der Waals surface area contributed by atoms with Crippen LogP contribution in [0, 0.1) is 5.82 Å². The first-order valence-electron chi connectivity index (χ1n) is 11.7. The van der Waals surface area contributed by atoms with Crippen LogP contribution < -0.4 is 19.5 Å². The minimum absolute atomic E-state index is 0.0310. The van der Waals surface area contributed by atoms with Crippen molar-refractivity contribution >= 4 is 40.1 Å². The molecule has 1 saturated heterocycles. The molecule has 2 amide bonds. The Balaban J connectivity index is 1.33. The molecule has 1 atom stereocenters. The van der Waals surface area contributed by atoms with Crippen molar-refractivity contribution in [2.75, 3.05) is 18.7 Å². The molecule has 0 aliphatic carbocycles. The lowest BCUT2D eigenvalue weighted by atomic mass is 10.1. The summed E-state index contributed by atoms with van der Waals surface area (Å²) in [6.07, 6.45) is -0.0310. The van der Waals surface area contributed by atoms with Crippen LogP contribution in [0.15, 0.2) is 71.7 Å². The Labute approximate surface area is 217 Å². The number of amides is 2. The number of thioether (sulfide) groups is 1. The molecule has 3 aromatic rings. The van der Waals surface area contributed by atoms with Crippen LogP contribution in [0.5, 0.6) is 17.2 Å². The molecule has 0 aromatic heterocycles. The molecule has 1 fully saturated rings. The smallest absolute Gasteiger partial charge is 0.242 e. The molecule has 3 aromatic carbocycles. The number of fused-ring (bicyclic) bond motifs is 1. The Morgan fingerprint density at radius 1 is 1.11 bits per heavy atom. The van der Waals surface area contributed by atoms with Gasteiger partial charge in [-0.1, -0.05) is 17.8 Å². The van der Waals surface area contributed by atoms with Crippen molar-refractivity contribution < 1.29 is 28.2 Å². The van der Waals surface area contributed by atoms with E-state index < -0.39 is 5.25 Å². The van der Waals surface area contributed by atoms with Crippen LogP contribution in [0.1, 0.15) is 18.9 Å². The molecule has 0 radical (unpaired) electrons. The highest BCUT2D eigenvalue weighted by atomic mass is 32.2. The summed E-state index contributed by atoms with van der Waals surface area (Å²) in [5.41, 5.74) is 1.94. The zero-order chi connectivity index (χ0) is 25.8. The molecule has 2 aliphatic heterocycles. The van der Waals surface area contributed by atoms with Crippen LogP contribution in [0.3, 0.4) is 0 Å². The molecule has 10 heteroatoms. The Hall–Kier alpha value is -4.05. The number of rotatable bonds is 8. The average Bonchev–Trinajstić information content (AvgIpc) is 3.47. The van der Waals surface area contributed by atoms with Crippen molar-refractivity contribution in [3.05, 3.63) is 78.1 Å². The van der Waals surface area contributed by atoms with E-state index in [1.54, 1.807) is 35.2 Å². The molecule has 1 unspecified atom stereocenters. The third-order valence-corrected chi connectivity index (χ3v) is 6.84. The van der Waals surface area contributed by atoms with Gasteiger partial charge in [-0.25, -0.2) is 9.38 Å². The maximum Gasteiger partial charge on any atom is 0.242 e. The minimum Gasteiger partial charge on any atom is -0.494 e. The molecule has 2 heterocycles. The monoisotopic (exact) mass is 521 g/mol. The summed E-state index contributed by atoms with van der Waals surface area (Å²) in [6, 6.07) is 18.2. The molecule has 1 N–H and O–H groups in total. The summed E-state index contributed by atoms with van der Waals surface area (Å²) in [4.78, 5) is 32.3. The number of halogens is 1. The van der Waals surface area contributed by atoms with Gasteiger partial charge in [0.1, 0.15) is 16.8 Å². The molecule has 2 aliphatic rings. The predicted octanol–water partition coefficient (Wildman–Crippen LogP) is 5.11. The van der Waals surface area contributed by atoms with E-state index in [9.17, 15) is 14.0 Å². The first-order valence-corrected chi connectivity index (χ1v) is 12.6. The van der Waals surface area contributed by atoms with Crippen LogP contribution in [0.25, 0.3) is 0 Å². The number of carbonyl (C=O) groups is 2. The van der Waals surface area contributed by atoms with Gasteiger partial charge in [0.05, 0.1) is 18.8 Å². The fourth-order valence-electron chi connectivity index (χ4n) is 3.90. The van der Waals surface area contributed by atoms with Gasteiger partial charge in [0.15, 0.2) is 16.7 Å². The normalized spacial score (nSPS) is 17.4. The number of ether oxygens (including phenoxy) is 3. The molecule has 8 nitrogen and oxygen atoms in total. The molecule has 0 spiro atoms. The zero-order valence-corrected chi connectivity index (χ0v) is 20.8. The maximum absolute atomic E-state index is 13.4. The highest BCUT2D eigenvalue weighted by Gasteiger charge is 2.39. The Bertz CT molecular complexity index is 1330. The van der Waals surface area contributed by atoms with Crippen LogP contribution >= 0.6 is 11.8 Å². The quantitative estimate of drug-likeness (QED) is 0.443. The van der Waals surface area contributed by atoms with E-state index in [2.05, 4.69) is 10.3 Å². The number of benzene rings is 3. The second-order valence-electron chi connectivity index (χ2n) is 8.30. The first kappa shape index (κ1) is 24.6. The second kappa shape index (κ2) is 10.9. The lowest BCUT2D eigenvalue weighted by molar-refractivity contribution is -0.128. The fraction of sp³-hybridized carbons (Fsp3) is 0.222. The predicted molar refractivity (Wildman–Crippen MR) is 139 cm³/mol. The summed E-state index contributed by atoms with van der Waals surface area (Å²) in [7, 11) is 0. The van der Waals surface area contributed by atoms with Crippen molar-refractivity contribution in [1.82, 2.24) is 4.90 Å². The summed E-state index contributed by atoms with van der Waals surface area (Å²) >= 11 is 1.21. The minimum atomic E-state index is -0.657. The van der Waals surface area contributed by atoms with Crippen molar-refractivity contribution in [3.8, 4) is 17.2 Å². The van der Waals surface area contributed by atoms with Gasteiger partial charge in [-0.3, -0.25) is 14.5 Å². The number of anilines is 1. The van der Waals surface area contributed by atoms with Gasteiger partial charge in [-0.2, -0.15) is 0 Å². The van der Waals surface area contributed by atoms with Gasteiger partial charge < -0.3 is 19.5 Å². The third kappa shape index (κ3) is 5.86. The summed E-state index contributed by atoms with van der Waals surface area (Å²) < 4.78 is 29.6. The number of carbonyl (C=O) groups excluding carboxylic acids is 2. The van der Waals surface area contributed by atoms with Crippen LogP contribution in [-0.2, 0) is 16.1 Å². The van der Waals surface area contributed by atoms with Crippen LogP contribution in [-0.4, -0.2) is 40.5 Å². The number of hydrogen-bond donors (Lipinski definition) is 1. The highest BCUT2D eigenvalue weighted by molar-refractivity contribution is 8.15. The average molecular weight is 522 g/mol. The number of aliphatic imine (C=N–C) groups is 1. The van der Waals surface area contributed by atoms with Crippen molar-refractivity contribution in [2.24, 2.45) is 4.99 Å². The first-order chi connectivity index (χ1) is 18.0. The molecule has 5 rings (SSSR count). The Morgan fingerprint density at radius 3 is 2.62 bits per heavy atom. The van der Waals surface area contributed by atoms with Crippen molar-refractivity contribution in [1.29, 1.82) is 0 Å². The Morgan fingerprint density at radius 2 is 1.86 bits per heavy atom.